The predicted molar refractivity (Wildman–Crippen MR) is 75.5 cm³/mol. The number of piperazine rings is 1. The molecule has 2 heterocycles. The predicted octanol–water partition coefficient (Wildman–Crippen LogP) is 1.87. The summed E-state index contributed by atoms with van der Waals surface area (Å²) in [6.07, 6.45) is 3.64. The number of benzene rings is 1. The number of imidazole rings is 1. The van der Waals surface area contributed by atoms with E-state index in [0.717, 1.165) is 50.7 Å². The molecule has 0 bridgehead atoms. The van der Waals surface area contributed by atoms with Crippen molar-refractivity contribution in [2.45, 2.75) is 13.1 Å². The van der Waals surface area contributed by atoms with E-state index in [9.17, 15) is 4.39 Å². The van der Waals surface area contributed by atoms with Crippen molar-refractivity contribution >= 4 is 0 Å². The monoisotopic (exact) mass is 274 g/mol. The summed E-state index contributed by atoms with van der Waals surface area (Å²) < 4.78 is 13.2. The van der Waals surface area contributed by atoms with E-state index >= 15 is 0 Å². The number of hydrogen-bond acceptors (Lipinski definition) is 3. The van der Waals surface area contributed by atoms with Gasteiger partial charge in [0.25, 0.3) is 0 Å². The van der Waals surface area contributed by atoms with Crippen molar-refractivity contribution in [3.05, 3.63) is 53.9 Å². The first-order valence-corrected chi connectivity index (χ1v) is 6.97. The number of nitrogens with zero attached hydrogens (tertiary/aromatic N) is 3. The van der Waals surface area contributed by atoms with Crippen LogP contribution in [0.3, 0.4) is 0 Å². The van der Waals surface area contributed by atoms with E-state index in [2.05, 4.69) is 19.8 Å². The molecule has 5 heteroatoms. The van der Waals surface area contributed by atoms with Crippen LogP contribution in [0.15, 0.2) is 36.7 Å². The third kappa shape index (κ3) is 3.43. The lowest BCUT2D eigenvalue weighted by Crippen LogP contribution is -2.45. The standard InChI is InChI=1S/C15H19FN4/c16-14-3-1-2-13(10-14)11-19-6-8-20(9-7-19)12-15-17-4-5-18-15/h1-5,10H,6-9,11-12H2,(H,17,18). The lowest BCUT2D eigenvalue weighted by atomic mass is 10.2. The lowest BCUT2D eigenvalue weighted by molar-refractivity contribution is 0.120. The smallest absolute Gasteiger partial charge is 0.123 e. The molecule has 0 aliphatic carbocycles. The van der Waals surface area contributed by atoms with Crippen LogP contribution in [0.5, 0.6) is 0 Å². The molecule has 2 aromatic rings. The zero-order valence-electron chi connectivity index (χ0n) is 11.4. The summed E-state index contributed by atoms with van der Waals surface area (Å²) in [5, 5.41) is 0. The van der Waals surface area contributed by atoms with Crippen LogP contribution in [0, 0.1) is 5.82 Å². The van der Waals surface area contributed by atoms with Crippen molar-refractivity contribution in [2.24, 2.45) is 0 Å². The molecule has 0 radical (unpaired) electrons. The molecule has 1 saturated heterocycles. The maximum absolute atomic E-state index is 13.2. The molecule has 4 nitrogen and oxygen atoms in total. The van der Waals surface area contributed by atoms with Gasteiger partial charge in [0.15, 0.2) is 0 Å². The molecule has 1 aromatic heterocycles. The van der Waals surface area contributed by atoms with Gasteiger partial charge < -0.3 is 4.98 Å². The zero-order chi connectivity index (χ0) is 13.8. The highest BCUT2D eigenvalue weighted by molar-refractivity contribution is 5.16. The van der Waals surface area contributed by atoms with Crippen LogP contribution in [-0.4, -0.2) is 45.9 Å². The highest BCUT2D eigenvalue weighted by Gasteiger charge is 2.17. The first-order chi connectivity index (χ1) is 9.79. The molecule has 20 heavy (non-hydrogen) atoms. The van der Waals surface area contributed by atoms with E-state index in [-0.39, 0.29) is 5.82 Å². The third-order valence-corrected chi connectivity index (χ3v) is 3.69. The summed E-state index contributed by atoms with van der Waals surface area (Å²) in [7, 11) is 0. The van der Waals surface area contributed by atoms with Gasteiger partial charge in [0.05, 0.1) is 6.54 Å². The Morgan fingerprint density at radius 2 is 1.85 bits per heavy atom. The Hall–Kier alpha value is -1.72. The lowest BCUT2D eigenvalue weighted by Gasteiger charge is -2.34. The molecule has 0 saturated carbocycles. The highest BCUT2D eigenvalue weighted by atomic mass is 19.1. The largest absolute Gasteiger partial charge is 0.348 e. The van der Waals surface area contributed by atoms with Gasteiger partial charge in [-0.1, -0.05) is 12.1 Å². The third-order valence-electron chi connectivity index (χ3n) is 3.69. The normalized spacial score (nSPS) is 17.4. The maximum Gasteiger partial charge on any atom is 0.123 e. The van der Waals surface area contributed by atoms with Gasteiger partial charge in [-0.05, 0) is 17.7 Å². The van der Waals surface area contributed by atoms with Gasteiger partial charge in [-0.2, -0.15) is 0 Å². The number of nitrogens with one attached hydrogen (secondary N) is 1. The van der Waals surface area contributed by atoms with Crippen molar-refractivity contribution in [2.75, 3.05) is 26.2 Å². The molecule has 1 fully saturated rings. The summed E-state index contributed by atoms with van der Waals surface area (Å²) in [6, 6.07) is 6.87. The summed E-state index contributed by atoms with van der Waals surface area (Å²) in [4.78, 5) is 12.1. The molecule has 1 aliphatic rings. The quantitative estimate of drug-likeness (QED) is 0.924. The van der Waals surface area contributed by atoms with Gasteiger partial charge in [0.2, 0.25) is 0 Å². The molecule has 0 atom stereocenters. The Kier molecular flexibility index (Phi) is 4.08. The van der Waals surface area contributed by atoms with Crippen LogP contribution in [0.2, 0.25) is 0 Å². The molecule has 106 valence electrons. The van der Waals surface area contributed by atoms with Crippen molar-refractivity contribution in [3.63, 3.8) is 0 Å². The number of hydrogen-bond donors (Lipinski definition) is 1. The summed E-state index contributed by atoms with van der Waals surface area (Å²) in [6.45, 7) is 5.77. The van der Waals surface area contributed by atoms with Crippen LogP contribution < -0.4 is 0 Å². The van der Waals surface area contributed by atoms with Gasteiger partial charge in [-0.25, -0.2) is 9.37 Å². The Labute approximate surface area is 118 Å². The van der Waals surface area contributed by atoms with E-state index in [4.69, 9.17) is 0 Å². The van der Waals surface area contributed by atoms with Crippen LogP contribution in [0.1, 0.15) is 11.4 Å². The van der Waals surface area contributed by atoms with Crippen LogP contribution in [0.4, 0.5) is 4.39 Å². The van der Waals surface area contributed by atoms with Crippen molar-refractivity contribution in [1.82, 2.24) is 19.8 Å². The van der Waals surface area contributed by atoms with E-state index in [1.807, 2.05) is 12.3 Å². The molecule has 1 aromatic carbocycles. The minimum Gasteiger partial charge on any atom is -0.348 e. The molecule has 0 spiro atoms. The van der Waals surface area contributed by atoms with E-state index in [1.54, 1.807) is 18.3 Å². The van der Waals surface area contributed by atoms with Gasteiger partial charge >= 0.3 is 0 Å². The molecule has 3 rings (SSSR count). The van der Waals surface area contributed by atoms with Crippen LogP contribution in [-0.2, 0) is 13.1 Å². The SMILES string of the molecule is Fc1cccc(CN2CCN(Cc3ncc[nH]3)CC2)c1. The Balaban J connectivity index is 1.48. The van der Waals surface area contributed by atoms with E-state index < -0.39 is 0 Å². The number of aromatic nitrogens is 2. The zero-order valence-corrected chi connectivity index (χ0v) is 11.4. The Morgan fingerprint density at radius 3 is 2.50 bits per heavy atom. The second-order valence-corrected chi connectivity index (χ2v) is 5.22. The fraction of sp³-hybridized carbons (Fsp3) is 0.400. The van der Waals surface area contributed by atoms with Crippen LogP contribution >= 0.6 is 0 Å². The fourth-order valence-corrected chi connectivity index (χ4v) is 2.60. The summed E-state index contributed by atoms with van der Waals surface area (Å²) >= 11 is 0. The number of rotatable bonds is 4. The average molecular weight is 274 g/mol. The molecular weight excluding hydrogens is 255 g/mol. The summed E-state index contributed by atoms with van der Waals surface area (Å²) in [5.41, 5.74) is 1.05. The molecule has 1 N–H and O–H groups in total. The fourth-order valence-electron chi connectivity index (χ4n) is 2.60. The maximum atomic E-state index is 13.2. The first kappa shape index (κ1) is 13.3. The summed E-state index contributed by atoms with van der Waals surface area (Å²) in [5.74, 6) is 0.863. The highest BCUT2D eigenvalue weighted by Crippen LogP contribution is 2.11. The topological polar surface area (TPSA) is 35.2 Å². The molecule has 0 unspecified atom stereocenters. The molecular formula is C15H19FN4. The number of aromatic amines is 1. The van der Waals surface area contributed by atoms with Gasteiger partial charge in [0.1, 0.15) is 11.6 Å². The van der Waals surface area contributed by atoms with Crippen LogP contribution in [0.25, 0.3) is 0 Å². The van der Waals surface area contributed by atoms with Gasteiger partial charge in [-0.3, -0.25) is 9.80 Å². The minimum absolute atomic E-state index is 0.154. The van der Waals surface area contributed by atoms with Gasteiger partial charge in [-0.15, -0.1) is 0 Å². The Morgan fingerprint density at radius 1 is 1.10 bits per heavy atom. The molecule has 1 aliphatic heterocycles. The Bertz CT molecular complexity index is 533. The number of H-pyrrole nitrogens is 1. The van der Waals surface area contributed by atoms with Crippen molar-refractivity contribution in [3.8, 4) is 0 Å². The average Bonchev–Trinajstić information content (AvgIpc) is 2.94. The molecule has 0 amide bonds. The second kappa shape index (κ2) is 6.15. The number of halogens is 1. The first-order valence-electron chi connectivity index (χ1n) is 6.97. The second-order valence-electron chi connectivity index (χ2n) is 5.22. The van der Waals surface area contributed by atoms with Crippen molar-refractivity contribution < 1.29 is 4.39 Å². The van der Waals surface area contributed by atoms with E-state index in [1.165, 1.54) is 6.07 Å². The van der Waals surface area contributed by atoms with Crippen molar-refractivity contribution in [1.29, 1.82) is 0 Å². The minimum atomic E-state index is -0.154. The van der Waals surface area contributed by atoms with Gasteiger partial charge in [0, 0.05) is 45.1 Å². The van der Waals surface area contributed by atoms with E-state index in [0.29, 0.717) is 0 Å².